The molecule has 3 rings (SSSR count). The summed E-state index contributed by atoms with van der Waals surface area (Å²) in [5.74, 6) is 0.0940. The van der Waals surface area contributed by atoms with Crippen LogP contribution in [0.1, 0.15) is 46.1 Å². The first-order valence-corrected chi connectivity index (χ1v) is 9.18. The number of hydrogen-bond donors (Lipinski definition) is 2. The number of rotatable bonds is 5. The maximum atomic E-state index is 12.3. The van der Waals surface area contributed by atoms with Crippen molar-refractivity contribution in [3.8, 4) is 0 Å². The summed E-state index contributed by atoms with van der Waals surface area (Å²) >= 11 is 1.52. The number of nitrogens with two attached hydrogens (primary N) is 1. The molecule has 126 valence electrons. The van der Waals surface area contributed by atoms with Crippen LogP contribution in [0, 0.1) is 5.92 Å². The molecule has 1 aromatic heterocycles. The van der Waals surface area contributed by atoms with Crippen molar-refractivity contribution in [2.24, 2.45) is 11.7 Å². The molecule has 4 nitrogen and oxygen atoms in total. The molecule has 2 aromatic rings. The number of nitrogens with one attached hydrogen (secondary N) is 1. The first-order chi connectivity index (χ1) is 11.6. The molecule has 1 aliphatic carbocycles. The van der Waals surface area contributed by atoms with Crippen molar-refractivity contribution in [2.45, 2.75) is 39.0 Å². The molecule has 0 fully saturated rings. The predicted octanol–water partition coefficient (Wildman–Crippen LogP) is 3.54. The van der Waals surface area contributed by atoms with Crippen LogP contribution in [0.4, 0.5) is 5.00 Å². The van der Waals surface area contributed by atoms with Gasteiger partial charge in [0.2, 0.25) is 5.91 Å². The van der Waals surface area contributed by atoms with E-state index in [1.807, 2.05) is 30.3 Å². The highest BCUT2D eigenvalue weighted by atomic mass is 32.1. The van der Waals surface area contributed by atoms with Crippen molar-refractivity contribution in [3.63, 3.8) is 0 Å². The summed E-state index contributed by atoms with van der Waals surface area (Å²) in [6.07, 6.45) is 4.36. The van der Waals surface area contributed by atoms with Gasteiger partial charge in [-0.15, -0.1) is 11.3 Å². The Hall–Kier alpha value is -2.14. The Morgan fingerprint density at radius 2 is 2.04 bits per heavy atom. The highest BCUT2D eigenvalue weighted by Crippen LogP contribution is 2.40. The highest BCUT2D eigenvalue weighted by molar-refractivity contribution is 7.17. The van der Waals surface area contributed by atoms with Crippen LogP contribution in [0.25, 0.3) is 0 Å². The van der Waals surface area contributed by atoms with Crippen molar-refractivity contribution < 1.29 is 9.59 Å². The molecule has 3 N–H and O–H groups in total. The van der Waals surface area contributed by atoms with Gasteiger partial charge in [-0.2, -0.15) is 0 Å². The lowest BCUT2D eigenvalue weighted by Gasteiger charge is -2.20. The Balaban J connectivity index is 1.81. The Morgan fingerprint density at radius 3 is 2.71 bits per heavy atom. The lowest BCUT2D eigenvalue weighted by molar-refractivity contribution is -0.115. The van der Waals surface area contributed by atoms with E-state index in [0.29, 0.717) is 22.9 Å². The Morgan fingerprint density at radius 1 is 1.29 bits per heavy atom. The lowest BCUT2D eigenvalue weighted by atomic mass is 9.85. The summed E-state index contributed by atoms with van der Waals surface area (Å²) < 4.78 is 0. The monoisotopic (exact) mass is 342 g/mol. The first-order valence-electron chi connectivity index (χ1n) is 8.36. The number of hydrogen-bond acceptors (Lipinski definition) is 3. The molecular weight excluding hydrogens is 320 g/mol. The standard InChI is InChI=1S/C19H22N2O2S/c1-2-12-8-9-14-15(10-12)24-19(17(14)18(20)23)21-16(22)11-13-6-4-3-5-7-13/h3-7,12H,2,8-11H2,1H3,(H2,20,23)(H,21,22)/t12-/m0/s1. The predicted molar refractivity (Wildman–Crippen MR) is 97.4 cm³/mol. The average Bonchev–Trinajstić information content (AvgIpc) is 2.92. The van der Waals surface area contributed by atoms with Crippen molar-refractivity contribution in [1.29, 1.82) is 0 Å². The van der Waals surface area contributed by atoms with Gasteiger partial charge in [-0.1, -0.05) is 43.7 Å². The van der Waals surface area contributed by atoms with E-state index in [2.05, 4.69) is 12.2 Å². The fraction of sp³-hybridized carbons (Fsp3) is 0.368. The van der Waals surface area contributed by atoms with Gasteiger partial charge in [0.05, 0.1) is 12.0 Å². The van der Waals surface area contributed by atoms with Gasteiger partial charge >= 0.3 is 0 Å². The molecule has 1 atom stereocenters. The van der Waals surface area contributed by atoms with Crippen LogP contribution in [0.2, 0.25) is 0 Å². The van der Waals surface area contributed by atoms with Gasteiger partial charge < -0.3 is 11.1 Å². The Labute approximate surface area is 146 Å². The van der Waals surface area contributed by atoms with E-state index in [0.717, 1.165) is 36.8 Å². The van der Waals surface area contributed by atoms with Gasteiger partial charge in [0.25, 0.3) is 5.91 Å². The fourth-order valence-electron chi connectivity index (χ4n) is 3.30. The van der Waals surface area contributed by atoms with Crippen LogP contribution in [0.5, 0.6) is 0 Å². The van der Waals surface area contributed by atoms with Crippen molar-refractivity contribution in [3.05, 3.63) is 51.9 Å². The van der Waals surface area contributed by atoms with Crippen LogP contribution in [-0.4, -0.2) is 11.8 Å². The second-order valence-corrected chi connectivity index (χ2v) is 7.40. The van der Waals surface area contributed by atoms with Crippen LogP contribution in [-0.2, 0) is 24.1 Å². The maximum Gasteiger partial charge on any atom is 0.251 e. The SMILES string of the molecule is CC[C@H]1CCc2c(sc(NC(=O)Cc3ccccc3)c2C(N)=O)C1. The van der Waals surface area contributed by atoms with Crippen molar-refractivity contribution in [1.82, 2.24) is 0 Å². The van der Waals surface area contributed by atoms with Crippen LogP contribution in [0.15, 0.2) is 30.3 Å². The third-order valence-electron chi connectivity index (χ3n) is 4.65. The van der Waals surface area contributed by atoms with E-state index in [9.17, 15) is 9.59 Å². The minimum Gasteiger partial charge on any atom is -0.365 e. The molecule has 0 spiro atoms. The third-order valence-corrected chi connectivity index (χ3v) is 5.82. The van der Waals surface area contributed by atoms with Gasteiger partial charge in [-0.05, 0) is 36.3 Å². The zero-order valence-corrected chi connectivity index (χ0v) is 14.6. The smallest absolute Gasteiger partial charge is 0.251 e. The van der Waals surface area contributed by atoms with Crippen molar-refractivity contribution >= 4 is 28.2 Å². The second-order valence-electron chi connectivity index (χ2n) is 6.30. The lowest BCUT2D eigenvalue weighted by Crippen LogP contribution is -2.20. The summed E-state index contributed by atoms with van der Waals surface area (Å²) in [5, 5.41) is 3.53. The van der Waals surface area contributed by atoms with Gasteiger partial charge in [0.15, 0.2) is 0 Å². The normalized spacial score (nSPS) is 16.5. The molecular formula is C19H22N2O2S. The molecule has 1 aromatic carbocycles. The molecule has 0 saturated heterocycles. The quantitative estimate of drug-likeness (QED) is 0.872. The molecule has 0 saturated carbocycles. The third kappa shape index (κ3) is 3.51. The minimum absolute atomic E-state index is 0.116. The summed E-state index contributed by atoms with van der Waals surface area (Å²) in [5.41, 5.74) is 8.11. The zero-order chi connectivity index (χ0) is 17.1. The number of benzene rings is 1. The number of fused-ring (bicyclic) bond motifs is 1. The minimum atomic E-state index is -0.447. The van der Waals surface area contributed by atoms with E-state index in [1.165, 1.54) is 16.2 Å². The van der Waals surface area contributed by atoms with E-state index < -0.39 is 5.91 Å². The summed E-state index contributed by atoms with van der Waals surface area (Å²) in [6, 6.07) is 9.57. The zero-order valence-electron chi connectivity index (χ0n) is 13.8. The Kier molecular flexibility index (Phi) is 5.00. The largest absolute Gasteiger partial charge is 0.365 e. The number of anilines is 1. The molecule has 0 aliphatic heterocycles. The average molecular weight is 342 g/mol. The van der Waals surface area contributed by atoms with E-state index in [1.54, 1.807) is 0 Å². The molecule has 1 heterocycles. The highest BCUT2D eigenvalue weighted by Gasteiger charge is 2.28. The van der Waals surface area contributed by atoms with E-state index in [4.69, 9.17) is 5.73 Å². The summed E-state index contributed by atoms with van der Waals surface area (Å²) in [4.78, 5) is 25.5. The van der Waals surface area contributed by atoms with E-state index >= 15 is 0 Å². The molecule has 0 radical (unpaired) electrons. The fourth-order valence-corrected chi connectivity index (χ4v) is 4.69. The number of carbonyl (C=O) groups is 2. The number of primary amides is 1. The summed E-state index contributed by atoms with van der Waals surface area (Å²) in [6.45, 7) is 2.20. The van der Waals surface area contributed by atoms with Gasteiger partial charge in [0, 0.05) is 4.88 Å². The maximum absolute atomic E-state index is 12.3. The van der Waals surface area contributed by atoms with E-state index in [-0.39, 0.29) is 5.91 Å². The van der Waals surface area contributed by atoms with Crippen LogP contribution < -0.4 is 11.1 Å². The van der Waals surface area contributed by atoms with Crippen molar-refractivity contribution in [2.75, 3.05) is 5.32 Å². The first kappa shape index (κ1) is 16.7. The second kappa shape index (κ2) is 7.18. The van der Waals surface area contributed by atoms with Gasteiger partial charge in [-0.25, -0.2) is 0 Å². The molecule has 1 aliphatic rings. The number of carbonyl (C=O) groups excluding carboxylic acids is 2. The molecule has 2 amide bonds. The Bertz CT molecular complexity index is 752. The molecule has 0 unspecified atom stereocenters. The number of amides is 2. The molecule has 5 heteroatoms. The topological polar surface area (TPSA) is 72.2 Å². The van der Waals surface area contributed by atoms with Gasteiger partial charge in [-0.3, -0.25) is 9.59 Å². The van der Waals surface area contributed by atoms with Crippen LogP contribution >= 0.6 is 11.3 Å². The van der Waals surface area contributed by atoms with Gasteiger partial charge in [0.1, 0.15) is 5.00 Å². The molecule has 0 bridgehead atoms. The summed E-state index contributed by atoms with van der Waals surface area (Å²) in [7, 11) is 0. The number of thiophene rings is 1. The van der Waals surface area contributed by atoms with Crippen LogP contribution in [0.3, 0.4) is 0 Å². The molecule has 24 heavy (non-hydrogen) atoms.